The number of nitrogens with one attached hydrogen (secondary N) is 1. The molecule has 0 spiro atoms. The third-order valence-corrected chi connectivity index (χ3v) is 4.17. The Balaban J connectivity index is 2.04. The number of nitrogens with zero attached hydrogens (tertiary/aromatic N) is 2. The average molecular weight is 331 g/mol. The van der Waals surface area contributed by atoms with Crippen LogP contribution in [0.3, 0.4) is 0 Å². The van der Waals surface area contributed by atoms with Gasteiger partial charge < -0.3 is 14.8 Å². The van der Waals surface area contributed by atoms with E-state index in [0.717, 1.165) is 22.0 Å². The first-order valence-electron chi connectivity index (χ1n) is 7.11. The fourth-order valence-corrected chi connectivity index (χ4v) is 3.05. The van der Waals surface area contributed by atoms with Gasteiger partial charge in [0.15, 0.2) is 10.7 Å². The summed E-state index contributed by atoms with van der Waals surface area (Å²) in [7, 11) is 3.22. The van der Waals surface area contributed by atoms with Crippen molar-refractivity contribution in [2.45, 2.75) is 0 Å². The average Bonchev–Trinajstić information content (AvgIpc) is 3.15. The number of hydrogen-bond acceptors (Lipinski definition) is 5. The third-order valence-electron chi connectivity index (χ3n) is 3.41. The third kappa shape index (κ3) is 3.06. The van der Waals surface area contributed by atoms with Crippen LogP contribution in [0.15, 0.2) is 35.8 Å². The van der Waals surface area contributed by atoms with E-state index >= 15 is 0 Å². The zero-order valence-electron chi connectivity index (χ0n) is 12.9. The number of rotatable bonds is 6. The Bertz CT molecular complexity index is 825. The number of hydrogen-bond donors (Lipinski definition) is 1. The van der Waals surface area contributed by atoms with Gasteiger partial charge in [-0.05, 0) is 12.1 Å². The van der Waals surface area contributed by atoms with E-state index in [1.165, 1.54) is 11.3 Å². The summed E-state index contributed by atoms with van der Waals surface area (Å²) in [5.74, 6) is 0.522. The number of amides is 1. The van der Waals surface area contributed by atoms with Crippen LogP contribution in [0.4, 0.5) is 0 Å². The molecule has 1 amide bonds. The molecule has 1 aromatic carbocycles. The number of carbonyl (C=O) groups excluding carboxylic acids is 1. The Morgan fingerprint density at radius 3 is 3.04 bits per heavy atom. The number of methoxy groups -OCH3 is 2. The molecule has 0 aliphatic heterocycles. The molecule has 0 aliphatic carbocycles. The van der Waals surface area contributed by atoms with Gasteiger partial charge in [0.2, 0.25) is 0 Å². The number of ether oxygens (including phenoxy) is 2. The fourth-order valence-electron chi connectivity index (χ4n) is 2.34. The molecule has 23 heavy (non-hydrogen) atoms. The minimum atomic E-state index is -0.212. The number of thiazole rings is 1. The summed E-state index contributed by atoms with van der Waals surface area (Å²) in [6.07, 6.45) is 1.91. The van der Waals surface area contributed by atoms with Crippen LogP contribution < -0.4 is 10.1 Å². The first-order valence-corrected chi connectivity index (χ1v) is 7.99. The van der Waals surface area contributed by atoms with Crippen LogP contribution >= 0.6 is 11.3 Å². The molecule has 0 saturated heterocycles. The van der Waals surface area contributed by atoms with Crippen LogP contribution in [0.25, 0.3) is 16.2 Å². The molecule has 3 aromatic rings. The van der Waals surface area contributed by atoms with Crippen LogP contribution in [-0.4, -0.2) is 42.7 Å². The normalized spacial score (nSPS) is 10.9. The second-order valence-electron chi connectivity index (χ2n) is 4.85. The molecule has 3 rings (SSSR count). The highest BCUT2D eigenvalue weighted by Gasteiger charge is 2.21. The van der Waals surface area contributed by atoms with Crippen molar-refractivity contribution in [3.63, 3.8) is 0 Å². The minimum absolute atomic E-state index is 0.212. The first-order chi connectivity index (χ1) is 11.2. The highest BCUT2D eigenvalue weighted by Crippen LogP contribution is 2.29. The van der Waals surface area contributed by atoms with Gasteiger partial charge in [0, 0.05) is 30.8 Å². The standard InChI is InChI=1S/C16H17N3O3S/c1-21-8-6-17-15(20)13-14(19-7-9-23-16(19)18-13)11-4-3-5-12(10-11)22-2/h3-5,7,9-10H,6,8H2,1-2H3,(H,17,20). The Morgan fingerprint density at radius 2 is 2.26 bits per heavy atom. The Labute approximate surface area is 137 Å². The number of carbonyl (C=O) groups is 1. The van der Waals surface area contributed by atoms with Gasteiger partial charge in [-0.3, -0.25) is 9.20 Å². The Kier molecular flexibility index (Phi) is 4.59. The topological polar surface area (TPSA) is 64.9 Å². The lowest BCUT2D eigenvalue weighted by atomic mass is 10.1. The van der Waals surface area contributed by atoms with E-state index in [1.54, 1.807) is 14.2 Å². The summed E-state index contributed by atoms with van der Waals surface area (Å²) in [6, 6.07) is 7.60. The predicted octanol–water partition coefficient (Wildman–Crippen LogP) is 2.45. The van der Waals surface area contributed by atoms with E-state index < -0.39 is 0 Å². The SMILES string of the molecule is COCCNC(=O)c1nc2sccn2c1-c1cccc(OC)c1. The highest BCUT2D eigenvalue weighted by atomic mass is 32.1. The van der Waals surface area contributed by atoms with Crippen molar-refractivity contribution in [2.24, 2.45) is 0 Å². The van der Waals surface area contributed by atoms with Gasteiger partial charge in [-0.2, -0.15) is 0 Å². The lowest BCUT2D eigenvalue weighted by Crippen LogP contribution is -2.27. The van der Waals surface area contributed by atoms with E-state index in [1.807, 2.05) is 40.2 Å². The van der Waals surface area contributed by atoms with Gasteiger partial charge in [0.1, 0.15) is 5.75 Å². The lowest BCUT2D eigenvalue weighted by Gasteiger charge is -2.07. The molecule has 0 saturated carbocycles. The number of aromatic nitrogens is 2. The van der Waals surface area contributed by atoms with E-state index in [2.05, 4.69) is 10.3 Å². The van der Waals surface area contributed by atoms with E-state index in [9.17, 15) is 4.79 Å². The zero-order chi connectivity index (χ0) is 16.2. The monoisotopic (exact) mass is 331 g/mol. The van der Waals surface area contributed by atoms with Crippen LogP contribution in [0.1, 0.15) is 10.5 Å². The molecule has 0 radical (unpaired) electrons. The Hall–Kier alpha value is -2.38. The molecular formula is C16H17N3O3S. The molecule has 1 N–H and O–H groups in total. The van der Waals surface area contributed by atoms with Gasteiger partial charge in [0.25, 0.3) is 5.91 Å². The van der Waals surface area contributed by atoms with Gasteiger partial charge in [-0.15, -0.1) is 11.3 Å². The number of fused-ring (bicyclic) bond motifs is 1. The molecule has 2 heterocycles. The van der Waals surface area contributed by atoms with Gasteiger partial charge in [-0.1, -0.05) is 12.1 Å². The molecule has 0 bridgehead atoms. The Morgan fingerprint density at radius 1 is 1.39 bits per heavy atom. The lowest BCUT2D eigenvalue weighted by molar-refractivity contribution is 0.0933. The first kappa shape index (κ1) is 15.5. The number of benzene rings is 1. The molecule has 0 unspecified atom stereocenters. The second kappa shape index (κ2) is 6.80. The largest absolute Gasteiger partial charge is 0.497 e. The fraction of sp³-hybridized carbons (Fsp3) is 0.250. The molecule has 7 heteroatoms. The van der Waals surface area contributed by atoms with Crippen molar-refractivity contribution in [2.75, 3.05) is 27.4 Å². The van der Waals surface area contributed by atoms with Crippen molar-refractivity contribution in [1.29, 1.82) is 0 Å². The van der Waals surface area contributed by atoms with Crippen molar-refractivity contribution in [1.82, 2.24) is 14.7 Å². The summed E-state index contributed by atoms with van der Waals surface area (Å²) in [5.41, 5.74) is 2.04. The molecule has 0 atom stereocenters. The quantitative estimate of drug-likeness (QED) is 0.705. The summed E-state index contributed by atoms with van der Waals surface area (Å²) < 4.78 is 12.2. The van der Waals surface area contributed by atoms with Gasteiger partial charge >= 0.3 is 0 Å². The maximum Gasteiger partial charge on any atom is 0.272 e. The molecule has 0 fully saturated rings. The molecule has 120 valence electrons. The van der Waals surface area contributed by atoms with Crippen LogP contribution in [0, 0.1) is 0 Å². The highest BCUT2D eigenvalue weighted by molar-refractivity contribution is 7.15. The molecule has 2 aromatic heterocycles. The van der Waals surface area contributed by atoms with Crippen molar-refractivity contribution in [3.05, 3.63) is 41.5 Å². The maximum atomic E-state index is 12.5. The van der Waals surface area contributed by atoms with Crippen molar-refractivity contribution in [3.8, 4) is 17.0 Å². The molecular weight excluding hydrogens is 314 g/mol. The van der Waals surface area contributed by atoms with E-state index in [-0.39, 0.29) is 5.91 Å². The molecule has 6 nitrogen and oxygen atoms in total. The summed E-state index contributed by atoms with van der Waals surface area (Å²) >= 11 is 1.49. The predicted molar refractivity (Wildman–Crippen MR) is 89.3 cm³/mol. The van der Waals surface area contributed by atoms with Gasteiger partial charge in [0.05, 0.1) is 19.4 Å². The van der Waals surface area contributed by atoms with Crippen LogP contribution in [-0.2, 0) is 4.74 Å². The maximum absolute atomic E-state index is 12.5. The number of imidazole rings is 1. The second-order valence-corrected chi connectivity index (χ2v) is 5.72. The van der Waals surface area contributed by atoms with Crippen molar-refractivity contribution >= 4 is 22.2 Å². The van der Waals surface area contributed by atoms with E-state index in [4.69, 9.17) is 9.47 Å². The summed E-state index contributed by atoms with van der Waals surface area (Å²) in [6.45, 7) is 0.903. The summed E-state index contributed by atoms with van der Waals surface area (Å²) in [5, 5.41) is 4.77. The van der Waals surface area contributed by atoms with Crippen LogP contribution in [0.2, 0.25) is 0 Å². The van der Waals surface area contributed by atoms with E-state index in [0.29, 0.717) is 18.8 Å². The van der Waals surface area contributed by atoms with Gasteiger partial charge in [-0.25, -0.2) is 4.98 Å². The molecule has 0 aliphatic rings. The smallest absolute Gasteiger partial charge is 0.272 e. The van der Waals surface area contributed by atoms with Crippen LogP contribution in [0.5, 0.6) is 5.75 Å². The van der Waals surface area contributed by atoms with Crippen molar-refractivity contribution < 1.29 is 14.3 Å². The minimum Gasteiger partial charge on any atom is -0.497 e. The summed E-state index contributed by atoms with van der Waals surface area (Å²) in [4.78, 5) is 17.7. The zero-order valence-corrected chi connectivity index (χ0v) is 13.7.